The first-order valence-electron chi connectivity index (χ1n) is 12.8. The largest absolute Gasteiger partial charge is 0.490 e. The van der Waals surface area contributed by atoms with Crippen molar-refractivity contribution in [3.63, 3.8) is 0 Å². The van der Waals surface area contributed by atoms with Gasteiger partial charge in [-0.05, 0) is 70.6 Å². The number of amides is 1. The van der Waals surface area contributed by atoms with Gasteiger partial charge >= 0.3 is 5.97 Å². The standard InChI is InChI=1S/C28H33ClN4O6S/c1-6-36-22-13-18(12-20(29)26(22)39-16(3)4)14-30-33-23(34)15-38-21-11-9-8-10-19(21)25-24(27(35)37-7-2)17(5)31-28(40)32-25/h8-14,16,25H,6-7,15H2,1-5H3,(H,33,34)(H2,31,32,40)/t25-/m1/s1. The van der Waals surface area contributed by atoms with E-state index in [2.05, 4.69) is 21.2 Å². The Balaban J connectivity index is 1.70. The van der Waals surface area contributed by atoms with E-state index in [1.54, 1.807) is 50.2 Å². The molecule has 1 aliphatic heterocycles. The van der Waals surface area contributed by atoms with Gasteiger partial charge in [0.1, 0.15) is 5.75 Å². The fourth-order valence-corrected chi connectivity index (χ4v) is 4.42. The number of esters is 1. The molecule has 0 unspecified atom stereocenters. The van der Waals surface area contributed by atoms with Gasteiger partial charge in [-0.2, -0.15) is 5.10 Å². The minimum absolute atomic E-state index is 0.0837. The molecule has 2 aromatic carbocycles. The van der Waals surface area contributed by atoms with E-state index >= 15 is 0 Å². The minimum Gasteiger partial charge on any atom is -0.490 e. The Morgan fingerprint density at radius 1 is 1.15 bits per heavy atom. The van der Waals surface area contributed by atoms with E-state index in [1.165, 1.54) is 6.21 Å². The lowest BCUT2D eigenvalue weighted by atomic mass is 9.95. The Kier molecular flexibility index (Phi) is 11.2. The number of thiocarbonyl (C=S) groups is 1. The number of allylic oxidation sites excluding steroid dienone is 1. The number of carbonyl (C=O) groups is 2. The number of nitrogens with one attached hydrogen (secondary N) is 3. The molecule has 1 aliphatic rings. The van der Waals surface area contributed by atoms with E-state index in [0.717, 1.165) is 0 Å². The first kappa shape index (κ1) is 30.7. The van der Waals surface area contributed by atoms with Crippen LogP contribution >= 0.6 is 23.8 Å². The zero-order valence-corrected chi connectivity index (χ0v) is 24.6. The number of hydrazone groups is 1. The first-order valence-corrected chi connectivity index (χ1v) is 13.5. The average Bonchev–Trinajstić information content (AvgIpc) is 2.89. The van der Waals surface area contributed by atoms with Crippen LogP contribution in [0.5, 0.6) is 17.2 Å². The van der Waals surface area contributed by atoms with Gasteiger partial charge in [0.25, 0.3) is 5.91 Å². The lowest BCUT2D eigenvalue weighted by Crippen LogP contribution is -2.45. The van der Waals surface area contributed by atoms with Gasteiger partial charge in [-0.15, -0.1) is 0 Å². The maximum Gasteiger partial charge on any atom is 0.338 e. The molecule has 0 saturated carbocycles. The molecule has 0 spiro atoms. The molecule has 214 valence electrons. The Labute approximate surface area is 244 Å². The molecule has 1 heterocycles. The maximum absolute atomic E-state index is 12.7. The number of benzene rings is 2. The van der Waals surface area contributed by atoms with Crippen LogP contribution < -0.4 is 30.3 Å². The number of ether oxygens (including phenoxy) is 4. The van der Waals surface area contributed by atoms with Crippen molar-refractivity contribution in [2.75, 3.05) is 19.8 Å². The molecule has 0 aromatic heterocycles. The van der Waals surface area contributed by atoms with Gasteiger partial charge in [0.2, 0.25) is 0 Å². The van der Waals surface area contributed by atoms with Crippen LogP contribution in [-0.2, 0) is 14.3 Å². The topological polar surface area (TPSA) is 120 Å². The summed E-state index contributed by atoms with van der Waals surface area (Å²) in [7, 11) is 0. The van der Waals surface area contributed by atoms with E-state index in [9.17, 15) is 9.59 Å². The summed E-state index contributed by atoms with van der Waals surface area (Å²) in [6.45, 7) is 9.45. The van der Waals surface area contributed by atoms with E-state index in [4.69, 9.17) is 42.8 Å². The molecule has 0 fully saturated rings. The molecule has 1 atom stereocenters. The number of halogens is 1. The van der Waals surface area contributed by atoms with Gasteiger partial charge in [0, 0.05) is 11.3 Å². The lowest BCUT2D eigenvalue weighted by molar-refractivity contribution is -0.139. The minimum atomic E-state index is -0.628. The molecule has 3 N–H and O–H groups in total. The number of hydrogen-bond donors (Lipinski definition) is 3. The highest BCUT2D eigenvalue weighted by Gasteiger charge is 2.32. The highest BCUT2D eigenvalue weighted by Crippen LogP contribution is 2.37. The molecule has 40 heavy (non-hydrogen) atoms. The summed E-state index contributed by atoms with van der Waals surface area (Å²) >= 11 is 11.7. The van der Waals surface area contributed by atoms with Crippen LogP contribution in [0.4, 0.5) is 0 Å². The maximum atomic E-state index is 12.7. The van der Waals surface area contributed by atoms with Crippen LogP contribution in [0, 0.1) is 0 Å². The fraction of sp³-hybridized carbons (Fsp3) is 0.357. The second kappa shape index (κ2) is 14.5. The fourth-order valence-electron chi connectivity index (χ4n) is 3.89. The highest BCUT2D eigenvalue weighted by atomic mass is 35.5. The zero-order valence-electron chi connectivity index (χ0n) is 23.0. The Bertz CT molecular complexity index is 1310. The summed E-state index contributed by atoms with van der Waals surface area (Å²) in [4.78, 5) is 25.2. The van der Waals surface area contributed by atoms with E-state index in [-0.39, 0.29) is 19.3 Å². The summed E-state index contributed by atoms with van der Waals surface area (Å²) in [5.41, 5.74) is 4.61. The lowest BCUT2D eigenvalue weighted by Gasteiger charge is -2.30. The molecule has 0 aliphatic carbocycles. The molecule has 0 saturated heterocycles. The van der Waals surface area contributed by atoms with Gasteiger partial charge in [0.05, 0.1) is 42.2 Å². The van der Waals surface area contributed by atoms with Crippen molar-refractivity contribution in [1.29, 1.82) is 0 Å². The Morgan fingerprint density at radius 3 is 2.60 bits per heavy atom. The van der Waals surface area contributed by atoms with Crippen molar-refractivity contribution in [3.8, 4) is 17.2 Å². The third-order valence-corrected chi connectivity index (χ3v) is 5.94. The van der Waals surface area contributed by atoms with Crippen molar-refractivity contribution in [1.82, 2.24) is 16.1 Å². The van der Waals surface area contributed by atoms with E-state index in [0.29, 0.717) is 56.4 Å². The molecular weight excluding hydrogens is 556 g/mol. The van der Waals surface area contributed by atoms with Crippen LogP contribution in [-0.4, -0.2) is 49.1 Å². The molecular formula is C28H33ClN4O6S. The molecule has 2 aromatic rings. The highest BCUT2D eigenvalue weighted by molar-refractivity contribution is 7.80. The van der Waals surface area contributed by atoms with Crippen LogP contribution in [0.25, 0.3) is 0 Å². The normalized spacial score (nSPS) is 15.0. The van der Waals surface area contributed by atoms with Crippen molar-refractivity contribution in [2.45, 2.75) is 46.8 Å². The van der Waals surface area contributed by atoms with Crippen molar-refractivity contribution >= 4 is 47.0 Å². The summed E-state index contributed by atoms with van der Waals surface area (Å²) in [6, 6.07) is 9.82. The molecule has 0 radical (unpaired) electrons. The first-order chi connectivity index (χ1) is 19.1. The smallest absolute Gasteiger partial charge is 0.338 e. The van der Waals surface area contributed by atoms with Gasteiger partial charge < -0.3 is 29.6 Å². The second-order valence-electron chi connectivity index (χ2n) is 8.84. The predicted octanol–water partition coefficient (Wildman–Crippen LogP) is 4.41. The second-order valence-corrected chi connectivity index (χ2v) is 9.66. The van der Waals surface area contributed by atoms with Crippen molar-refractivity contribution in [3.05, 3.63) is 63.8 Å². The SMILES string of the molecule is CCOC(=O)C1=C(C)NC(=S)N[C@@H]1c1ccccc1OCC(=O)NN=Cc1cc(Cl)c(OC(C)C)c(OCC)c1. The summed E-state index contributed by atoms with van der Waals surface area (Å²) in [5.74, 6) is 0.354. The molecule has 1 amide bonds. The summed E-state index contributed by atoms with van der Waals surface area (Å²) < 4.78 is 22.5. The monoisotopic (exact) mass is 588 g/mol. The number of hydrogen-bond acceptors (Lipinski definition) is 8. The summed E-state index contributed by atoms with van der Waals surface area (Å²) in [6.07, 6.45) is 1.36. The third kappa shape index (κ3) is 8.09. The predicted molar refractivity (Wildman–Crippen MR) is 157 cm³/mol. The molecule has 0 bridgehead atoms. The Hall–Kier alpha value is -3.83. The summed E-state index contributed by atoms with van der Waals surface area (Å²) in [5, 5.41) is 10.8. The van der Waals surface area contributed by atoms with Crippen LogP contribution in [0.2, 0.25) is 5.02 Å². The van der Waals surface area contributed by atoms with Gasteiger partial charge in [-0.25, -0.2) is 10.2 Å². The van der Waals surface area contributed by atoms with Gasteiger partial charge in [-0.3, -0.25) is 4.79 Å². The number of nitrogens with zero attached hydrogens (tertiary/aromatic N) is 1. The van der Waals surface area contributed by atoms with E-state index < -0.39 is 17.9 Å². The van der Waals surface area contributed by atoms with E-state index in [1.807, 2.05) is 20.8 Å². The van der Waals surface area contributed by atoms with Crippen molar-refractivity contribution in [2.24, 2.45) is 5.10 Å². The van der Waals surface area contributed by atoms with Gasteiger partial charge in [-0.1, -0.05) is 29.8 Å². The Morgan fingerprint density at radius 2 is 1.90 bits per heavy atom. The number of para-hydroxylation sites is 1. The van der Waals surface area contributed by atoms with Crippen molar-refractivity contribution < 1.29 is 28.5 Å². The zero-order chi connectivity index (χ0) is 29.2. The molecule has 3 rings (SSSR count). The molecule has 12 heteroatoms. The number of carbonyl (C=O) groups excluding carboxylic acids is 2. The quantitative estimate of drug-likeness (QED) is 0.143. The average molecular weight is 589 g/mol. The van der Waals surface area contributed by atoms with Gasteiger partial charge in [0.15, 0.2) is 23.2 Å². The van der Waals surface area contributed by atoms with Crippen LogP contribution in [0.15, 0.2) is 52.8 Å². The van der Waals surface area contributed by atoms with Crippen LogP contribution in [0.1, 0.15) is 51.8 Å². The molecule has 10 nitrogen and oxygen atoms in total. The van der Waals surface area contributed by atoms with Crippen LogP contribution in [0.3, 0.4) is 0 Å². The number of rotatable bonds is 12. The third-order valence-electron chi connectivity index (χ3n) is 5.44.